The molecule has 0 aromatic rings. The van der Waals surface area contributed by atoms with Gasteiger partial charge < -0.3 is 34.9 Å². The number of nitrogens with one attached hydrogen (secondary N) is 1. The van der Waals surface area contributed by atoms with E-state index in [0.29, 0.717) is 6.29 Å². The number of aldehydes is 1. The maximum Gasteiger partial charge on any atom is 0.217 e. The zero-order chi connectivity index (χ0) is 13.7. The van der Waals surface area contributed by atoms with Gasteiger partial charge in [0.05, 0.1) is 6.61 Å². The van der Waals surface area contributed by atoms with Gasteiger partial charge in [0.2, 0.25) is 5.91 Å². The Morgan fingerprint density at radius 1 is 1.50 bits per heavy atom. The Labute approximate surface area is 104 Å². The van der Waals surface area contributed by atoms with Gasteiger partial charge in [-0.25, -0.2) is 0 Å². The number of carbonyl (C=O) groups excluding carboxylic acids is 2. The number of rotatable bonds is 5. The number of hydrogen-bond donors (Lipinski definition) is 4. The van der Waals surface area contributed by atoms with Gasteiger partial charge in [-0.1, -0.05) is 0 Å². The summed E-state index contributed by atoms with van der Waals surface area (Å²) in [6, 6.07) is -1.01. The van der Waals surface area contributed by atoms with Crippen molar-refractivity contribution < 1.29 is 34.4 Å². The van der Waals surface area contributed by atoms with Gasteiger partial charge in [-0.2, -0.15) is 0 Å². The predicted octanol–water partition coefficient (Wildman–Crippen LogP) is -2.85. The molecule has 1 heterocycles. The normalized spacial score (nSPS) is 36.1. The molecule has 1 aliphatic rings. The monoisotopic (exact) mass is 263 g/mol. The van der Waals surface area contributed by atoms with Gasteiger partial charge in [0.1, 0.15) is 37.2 Å². The predicted molar refractivity (Wildman–Crippen MR) is 57.4 cm³/mol. The number of hydrogen-bond acceptors (Lipinski definition) is 7. The van der Waals surface area contributed by atoms with E-state index in [9.17, 15) is 19.8 Å². The van der Waals surface area contributed by atoms with Crippen molar-refractivity contribution in [2.24, 2.45) is 0 Å². The minimum absolute atomic E-state index is 0.303. The van der Waals surface area contributed by atoms with Crippen LogP contribution in [0.3, 0.4) is 0 Å². The Hall–Kier alpha value is -1.06. The Balaban J connectivity index is 2.82. The molecule has 0 bridgehead atoms. The van der Waals surface area contributed by atoms with Crippen molar-refractivity contribution in [1.82, 2.24) is 5.32 Å². The van der Waals surface area contributed by atoms with Crippen LogP contribution in [0.15, 0.2) is 0 Å². The summed E-state index contributed by atoms with van der Waals surface area (Å²) in [5.74, 6) is -0.447. The number of aliphatic hydroxyl groups excluding tert-OH is 3. The molecule has 0 aliphatic carbocycles. The fourth-order valence-corrected chi connectivity index (χ4v) is 1.82. The zero-order valence-corrected chi connectivity index (χ0v) is 9.85. The molecule has 1 rings (SSSR count). The van der Waals surface area contributed by atoms with E-state index < -0.39 is 43.2 Å². The van der Waals surface area contributed by atoms with Gasteiger partial charge in [-0.15, -0.1) is 0 Å². The van der Waals surface area contributed by atoms with Crippen LogP contribution in [0, 0.1) is 0 Å². The first-order valence-electron chi connectivity index (χ1n) is 5.46. The molecule has 4 N–H and O–H groups in total. The highest BCUT2D eigenvalue weighted by Gasteiger charge is 2.45. The van der Waals surface area contributed by atoms with Crippen LogP contribution in [0.5, 0.6) is 0 Å². The third kappa shape index (κ3) is 3.47. The third-order valence-corrected chi connectivity index (χ3v) is 2.60. The van der Waals surface area contributed by atoms with E-state index in [4.69, 9.17) is 14.6 Å². The number of amides is 1. The van der Waals surface area contributed by atoms with Crippen LogP contribution in [0.1, 0.15) is 6.92 Å². The number of aliphatic hydroxyl groups is 3. The van der Waals surface area contributed by atoms with E-state index in [0.717, 1.165) is 0 Å². The summed E-state index contributed by atoms with van der Waals surface area (Å²) < 4.78 is 10.0. The highest BCUT2D eigenvalue weighted by Crippen LogP contribution is 2.22. The van der Waals surface area contributed by atoms with Gasteiger partial charge in [0, 0.05) is 6.92 Å². The summed E-state index contributed by atoms with van der Waals surface area (Å²) in [6.45, 7) is 0.405. The van der Waals surface area contributed by atoms with Crippen LogP contribution in [0.2, 0.25) is 0 Å². The second-order valence-electron chi connectivity index (χ2n) is 3.93. The van der Waals surface area contributed by atoms with Crippen LogP contribution in [0.4, 0.5) is 0 Å². The molecule has 1 fully saturated rings. The van der Waals surface area contributed by atoms with Crippen LogP contribution in [-0.2, 0) is 19.1 Å². The highest BCUT2D eigenvalue weighted by molar-refractivity contribution is 5.73. The quantitative estimate of drug-likeness (QED) is 0.393. The molecule has 1 saturated heterocycles. The summed E-state index contributed by atoms with van der Waals surface area (Å²) in [7, 11) is 0. The number of ether oxygens (including phenoxy) is 2. The maximum atomic E-state index is 11.0. The lowest BCUT2D eigenvalue weighted by Gasteiger charge is -2.42. The highest BCUT2D eigenvalue weighted by atomic mass is 16.6. The van der Waals surface area contributed by atoms with Crippen LogP contribution in [0.25, 0.3) is 0 Å². The molecule has 1 aliphatic heterocycles. The van der Waals surface area contributed by atoms with E-state index in [1.54, 1.807) is 0 Å². The lowest BCUT2D eigenvalue weighted by molar-refractivity contribution is -0.260. The molecule has 1 amide bonds. The van der Waals surface area contributed by atoms with E-state index in [2.05, 4.69) is 5.32 Å². The van der Waals surface area contributed by atoms with Crippen LogP contribution >= 0.6 is 0 Å². The summed E-state index contributed by atoms with van der Waals surface area (Å²) in [6.07, 6.45) is -4.31. The molecule has 104 valence electrons. The fourth-order valence-electron chi connectivity index (χ4n) is 1.82. The molecule has 0 aromatic carbocycles. The molecule has 0 aromatic heterocycles. The van der Waals surface area contributed by atoms with Crippen molar-refractivity contribution in [3.63, 3.8) is 0 Å². The van der Waals surface area contributed by atoms with Crippen molar-refractivity contribution in [3.8, 4) is 0 Å². The van der Waals surface area contributed by atoms with Crippen molar-refractivity contribution in [2.75, 3.05) is 13.2 Å². The summed E-state index contributed by atoms with van der Waals surface area (Å²) in [5, 5.41) is 30.9. The van der Waals surface area contributed by atoms with Gasteiger partial charge in [-0.3, -0.25) is 4.79 Å². The van der Waals surface area contributed by atoms with E-state index in [1.807, 2.05) is 0 Å². The number of carbonyl (C=O) groups is 2. The average molecular weight is 263 g/mol. The molecule has 3 unspecified atom stereocenters. The zero-order valence-electron chi connectivity index (χ0n) is 9.85. The van der Waals surface area contributed by atoms with E-state index >= 15 is 0 Å². The first-order valence-corrected chi connectivity index (χ1v) is 5.46. The molecular formula is C10H17NO7. The van der Waals surface area contributed by atoms with Crippen molar-refractivity contribution in [3.05, 3.63) is 0 Å². The first-order chi connectivity index (χ1) is 8.51. The second kappa shape index (κ2) is 6.76. The van der Waals surface area contributed by atoms with E-state index in [-0.39, 0.29) is 6.61 Å². The SMILES string of the molecule is CC(=O)NC1C(OCC=O)[C@H](O)C(CO)O[C@H]1O. The first kappa shape index (κ1) is 15.0. The standard InChI is InChI=1S/C10H17NO7/c1-5(14)11-7-9(17-3-2-12)8(15)6(4-13)18-10(7)16/h2,6-10,13,15-16H,3-4H2,1H3,(H,11,14)/t6?,7?,8-,9?,10-/m1/s1. The lowest BCUT2D eigenvalue weighted by Crippen LogP contribution is -2.64. The van der Waals surface area contributed by atoms with Crippen molar-refractivity contribution >= 4 is 12.2 Å². The summed E-state index contributed by atoms with van der Waals surface area (Å²) in [5.41, 5.74) is 0. The van der Waals surface area contributed by atoms with Crippen LogP contribution < -0.4 is 5.32 Å². The molecule has 0 saturated carbocycles. The third-order valence-electron chi connectivity index (χ3n) is 2.60. The fraction of sp³-hybridized carbons (Fsp3) is 0.800. The summed E-state index contributed by atoms with van der Waals surface area (Å²) in [4.78, 5) is 21.3. The molecule has 8 heteroatoms. The van der Waals surface area contributed by atoms with Crippen molar-refractivity contribution in [2.45, 2.75) is 37.6 Å². The summed E-state index contributed by atoms with van der Waals surface area (Å²) >= 11 is 0. The Bertz CT molecular complexity index is 298. The minimum Gasteiger partial charge on any atom is -0.394 e. The largest absolute Gasteiger partial charge is 0.394 e. The smallest absolute Gasteiger partial charge is 0.217 e. The molecule has 0 spiro atoms. The molecule has 8 nitrogen and oxygen atoms in total. The maximum absolute atomic E-state index is 11.0. The van der Waals surface area contributed by atoms with Crippen LogP contribution in [-0.4, -0.2) is 71.4 Å². The Kier molecular flexibility index (Phi) is 5.63. The lowest BCUT2D eigenvalue weighted by atomic mass is 9.96. The molecule has 5 atom stereocenters. The van der Waals surface area contributed by atoms with Gasteiger partial charge in [0.15, 0.2) is 6.29 Å². The van der Waals surface area contributed by atoms with E-state index in [1.165, 1.54) is 6.92 Å². The van der Waals surface area contributed by atoms with Gasteiger partial charge in [-0.05, 0) is 0 Å². The topological polar surface area (TPSA) is 125 Å². The van der Waals surface area contributed by atoms with Gasteiger partial charge >= 0.3 is 0 Å². The van der Waals surface area contributed by atoms with Gasteiger partial charge in [0.25, 0.3) is 0 Å². The second-order valence-corrected chi connectivity index (χ2v) is 3.93. The molecule has 0 radical (unpaired) electrons. The average Bonchev–Trinajstić information content (AvgIpc) is 2.32. The molecule has 18 heavy (non-hydrogen) atoms. The Morgan fingerprint density at radius 3 is 2.67 bits per heavy atom. The Morgan fingerprint density at radius 2 is 2.17 bits per heavy atom. The minimum atomic E-state index is -1.44. The van der Waals surface area contributed by atoms with Crippen molar-refractivity contribution in [1.29, 1.82) is 0 Å². The molecular weight excluding hydrogens is 246 g/mol.